The predicted octanol–water partition coefficient (Wildman–Crippen LogP) is -0.527. The molecule has 0 aromatic rings. The Balaban J connectivity index is 3.08. The summed E-state index contributed by atoms with van der Waals surface area (Å²) in [7, 11) is 3.16. The fourth-order valence-corrected chi connectivity index (χ4v) is 1.23. The second kappa shape index (κ2) is 3.80. The molecule has 1 aliphatic rings. The zero-order valence-electron chi connectivity index (χ0n) is 9.13. The summed E-state index contributed by atoms with van der Waals surface area (Å²) in [6, 6.07) is 0. The van der Waals surface area contributed by atoms with Crippen LogP contribution in [0.4, 0.5) is 0 Å². The van der Waals surface area contributed by atoms with Gasteiger partial charge in [0.2, 0.25) is 0 Å². The van der Waals surface area contributed by atoms with Crippen molar-refractivity contribution >= 4 is 11.9 Å². The second-order valence-electron chi connectivity index (χ2n) is 3.43. The minimum atomic E-state index is -1.20. The Bertz CT molecular complexity index is 305. The van der Waals surface area contributed by atoms with Crippen molar-refractivity contribution in [3.05, 3.63) is 11.4 Å². The normalized spacial score (nSPS) is 19.1. The molecule has 0 bridgehead atoms. The van der Waals surface area contributed by atoms with Crippen molar-refractivity contribution in [2.45, 2.75) is 19.6 Å². The topological polar surface area (TPSA) is 76.7 Å². The van der Waals surface area contributed by atoms with Gasteiger partial charge in [-0.1, -0.05) is 0 Å². The van der Waals surface area contributed by atoms with Crippen LogP contribution in [-0.2, 0) is 19.1 Å². The molecule has 6 heteroatoms. The number of ether oxygens (including phenoxy) is 2. The quantitative estimate of drug-likeness (QED) is 0.366. The Kier molecular flexibility index (Phi) is 2.88. The summed E-state index contributed by atoms with van der Waals surface area (Å²) in [4.78, 5) is 23.0. The monoisotopic (exact) mass is 214 g/mol. The van der Waals surface area contributed by atoms with Crippen LogP contribution in [0.1, 0.15) is 13.8 Å². The van der Waals surface area contributed by atoms with E-state index in [1.54, 1.807) is 14.1 Å². The van der Waals surface area contributed by atoms with E-state index in [9.17, 15) is 9.59 Å². The molecule has 15 heavy (non-hydrogen) atoms. The van der Waals surface area contributed by atoms with E-state index in [4.69, 9.17) is 9.47 Å². The van der Waals surface area contributed by atoms with E-state index in [0.29, 0.717) is 0 Å². The Morgan fingerprint density at radius 3 is 1.80 bits per heavy atom. The van der Waals surface area contributed by atoms with Crippen molar-refractivity contribution in [3.8, 4) is 0 Å². The number of hydrogen-bond donors (Lipinski definition) is 2. The van der Waals surface area contributed by atoms with E-state index >= 15 is 0 Å². The average Bonchev–Trinajstić information content (AvgIpc) is 2.09. The van der Waals surface area contributed by atoms with Crippen LogP contribution >= 0.6 is 0 Å². The van der Waals surface area contributed by atoms with Crippen LogP contribution in [0.3, 0.4) is 0 Å². The van der Waals surface area contributed by atoms with Crippen LogP contribution in [0, 0.1) is 0 Å². The Hall–Kier alpha value is -1.72. The van der Waals surface area contributed by atoms with Crippen molar-refractivity contribution in [1.29, 1.82) is 0 Å². The third-order valence-corrected chi connectivity index (χ3v) is 1.84. The summed E-state index contributed by atoms with van der Waals surface area (Å²) in [5.74, 6) is -2.32. The molecule has 1 saturated heterocycles. The lowest BCUT2D eigenvalue weighted by molar-refractivity contribution is -0.222. The highest BCUT2D eigenvalue weighted by atomic mass is 16.7. The van der Waals surface area contributed by atoms with Gasteiger partial charge in [-0.25, -0.2) is 9.59 Å². The van der Waals surface area contributed by atoms with E-state index < -0.39 is 17.7 Å². The zero-order chi connectivity index (χ0) is 11.6. The van der Waals surface area contributed by atoms with Crippen molar-refractivity contribution in [2.24, 2.45) is 0 Å². The lowest BCUT2D eigenvalue weighted by atomic mass is 10.2. The highest BCUT2D eigenvalue weighted by Gasteiger charge is 2.40. The first kappa shape index (κ1) is 11.4. The molecule has 1 rings (SSSR count). The first-order valence-corrected chi connectivity index (χ1v) is 4.47. The fraction of sp³-hybridized carbons (Fsp3) is 0.556. The number of carbonyl (C=O) groups is 2. The van der Waals surface area contributed by atoms with Crippen LogP contribution in [0.25, 0.3) is 0 Å². The van der Waals surface area contributed by atoms with Crippen LogP contribution in [0.2, 0.25) is 0 Å². The van der Waals surface area contributed by atoms with E-state index in [1.165, 1.54) is 13.8 Å². The number of carbonyl (C=O) groups excluding carboxylic acids is 2. The summed E-state index contributed by atoms with van der Waals surface area (Å²) in [5, 5.41) is 5.35. The molecule has 1 fully saturated rings. The van der Waals surface area contributed by atoms with E-state index in [0.717, 1.165) is 0 Å². The maximum Gasteiger partial charge on any atom is 0.352 e. The largest absolute Gasteiger partial charge is 0.419 e. The van der Waals surface area contributed by atoms with Gasteiger partial charge in [-0.2, -0.15) is 0 Å². The number of rotatable bonds is 2. The summed E-state index contributed by atoms with van der Waals surface area (Å²) in [6.45, 7) is 3.00. The lowest BCUT2D eigenvalue weighted by Gasteiger charge is -2.30. The fourth-order valence-electron chi connectivity index (χ4n) is 1.23. The van der Waals surface area contributed by atoms with E-state index in [1.807, 2.05) is 0 Å². The molecule has 0 spiro atoms. The molecule has 1 aliphatic heterocycles. The molecular weight excluding hydrogens is 200 g/mol. The molecular formula is C9H14N2O4. The number of cyclic esters (lactones) is 2. The van der Waals surface area contributed by atoms with Crippen LogP contribution in [0.5, 0.6) is 0 Å². The van der Waals surface area contributed by atoms with Gasteiger partial charge in [-0.15, -0.1) is 0 Å². The second-order valence-corrected chi connectivity index (χ2v) is 3.43. The molecule has 6 nitrogen and oxygen atoms in total. The molecule has 2 N–H and O–H groups in total. The van der Waals surface area contributed by atoms with Gasteiger partial charge in [-0.3, -0.25) is 0 Å². The van der Waals surface area contributed by atoms with Gasteiger partial charge in [0.15, 0.2) is 5.57 Å². The average molecular weight is 214 g/mol. The third-order valence-electron chi connectivity index (χ3n) is 1.84. The van der Waals surface area contributed by atoms with Gasteiger partial charge in [0.25, 0.3) is 5.79 Å². The van der Waals surface area contributed by atoms with Gasteiger partial charge in [0.05, 0.1) is 0 Å². The van der Waals surface area contributed by atoms with Crippen molar-refractivity contribution in [3.63, 3.8) is 0 Å². The maximum atomic E-state index is 11.5. The van der Waals surface area contributed by atoms with Gasteiger partial charge < -0.3 is 20.1 Å². The minimum absolute atomic E-state index is 0.153. The van der Waals surface area contributed by atoms with Gasteiger partial charge in [-0.05, 0) is 0 Å². The van der Waals surface area contributed by atoms with E-state index in [2.05, 4.69) is 10.6 Å². The summed E-state index contributed by atoms with van der Waals surface area (Å²) in [6.07, 6.45) is 0. The number of esters is 2. The molecule has 0 aliphatic carbocycles. The predicted molar refractivity (Wildman–Crippen MR) is 51.4 cm³/mol. The summed E-state index contributed by atoms with van der Waals surface area (Å²) in [5.41, 5.74) is -0.153. The van der Waals surface area contributed by atoms with Gasteiger partial charge in [0, 0.05) is 27.9 Å². The summed E-state index contributed by atoms with van der Waals surface area (Å²) < 4.78 is 9.84. The molecule has 0 amide bonds. The minimum Gasteiger partial charge on any atom is -0.419 e. The smallest absolute Gasteiger partial charge is 0.352 e. The zero-order valence-corrected chi connectivity index (χ0v) is 9.13. The van der Waals surface area contributed by atoms with Gasteiger partial charge in [0.1, 0.15) is 5.82 Å². The SMILES string of the molecule is CNC(NC)=C1C(=O)OC(C)(C)OC1=O. The molecule has 0 radical (unpaired) electrons. The van der Waals surface area contributed by atoms with Crippen molar-refractivity contribution in [2.75, 3.05) is 14.1 Å². The number of hydrogen-bond acceptors (Lipinski definition) is 6. The highest BCUT2D eigenvalue weighted by Crippen LogP contribution is 2.23. The van der Waals surface area contributed by atoms with Crippen LogP contribution in [0.15, 0.2) is 11.4 Å². The molecule has 0 saturated carbocycles. The van der Waals surface area contributed by atoms with E-state index in [-0.39, 0.29) is 11.4 Å². The first-order chi connectivity index (χ1) is 6.91. The number of nitrogens with one attached hydrogen (secondary N) is 2. The molecule has 0 aromatic heterocycles. The molecule has 0 atom stereocenters. The maximum absolute atomic E-state index is 11.5. The Morgan fingerprint density at radius 1 is 1.07 bits per heavy atom. The first-order valence-electron chi connectivity index (χ1n) is 4.47. The Labute approximate surface area is 87.6 Å². The molecule has 84 valence electrons. The van der Waals surface area contributed by atoms with Gasteiger partial charge >= 0.3 is 11.9 Å². The lowest BCUT2D eigenvalue weighted by Crippen LogP contribution is -2.44. The molecule has 0 unspecified atom stereocenters. The highest BCUT2D eigenvalue weighted by molar-refractivity contribution is 6.15. The standard InChI is InChI=1S/C9H14N2O4/c1-9(2)14-7(12)5(8(13)15-9)6(10-3)11-4/h10-11H,1-4H3. The van der Waals surface area contributed by atoms with Crippen molar-refractivity contribution < 1.29 is 19.1 Å². The molecule has 0 aromatic carbocycles. The summed E-state index contributed by atoms with van der Waals surface area (Å²) >= 11 is 0. The van der Waals surface area contributed by atoms with Crippen LogP contribution < -0.4 is 10.6 Å². The third kappa shape index (κ3) is 2.20. The van der Waals surface area contributed by atoms with Crippen molar-refractivity contribution in [1.82, 2.24) is 10.6 Å². The molecule has 1 heterocycles. The Morgan fingerprint density at radius 2 is 1.47 bits per heavy atom. The van der Waals surface area contributed by atoms with Crippen LogP contribution in [-0.4, -0.2) is 31.8 Å².